The fourth-order valence-electron chi connectivity index (χ4n) is 2.63. The van der Waals surface area contributed by atoms with Crippen LogP contribution in [0.2, 0.25) is 5.22 Å². The summed E-state index contributed by atoms with van der Waals surface area (Å²) in [4.78, 5) is 14.4. The maximum absolute atomic E-state index is 12.7. The number of hydrogen-bond donors (Lipinski definition) is 0. The van der Waals surface area contributed by atoms with Gasteiger partial charge in [0.25, 0.3) is 5.91 Å². The Morgan fingerprint density at radius 2 is 2.38 bits per heavy atom. The molecule has 3 rings (SSSR count). The highest BCUT2D eigenvalue weighted by Gasteiger charge is 2.39. The normalized spacial score (nSPS) is 22.0. The molecule has 0 radical (unpaired) electrons. The standard InChI is InChI=1S/C13H15ClN4O3/c1-17-7-15-16-12(17)10-5-8(20-2)6-18(10)13(19)9-3-4-21-11(9)14/h3-4,7-8,10H,5-6H2,1-2H3/t8-,10+/m1/s1. The minimum absolute atomic E-state index is 0.0404. The molecule has 3 heterocycles. The summed E-state index contributed by atoms with van der Waals surface area (Å²) < 4.78 is 12.2. The smallest absolute Gasteiger partial charge is 0.259 e. The second kappa shape index (κ2) is 5.50. The highest BCUT2D eigenvalue weighted by atomic mass is 35.5. The van der Waals surface area contributed by atoms with Gasteiger partial charge in [0.05, 0.1) is 24.0 Å². The average molecular weight is 311 g/mol. The molecular weight excluding hydrogens is 296 g/mol. The van der Waals surface area contributed by atoms with Gasteiger partial charge < -0.3 is 18.6 Å². The Morgan fingerprint density at radius 3 is 2.95 bits per heavy atom. The predicted molar refractivity (Wildman–Crippen MR) is 73.9 cm³/mol. The van der Waals surface area contributed by atoms with Crippen LogP contribution in [-0.2, 0) is 11.8 Å². The molecule has 2 atom stereocenters. The van der Waals surface area contributed by atoms with Crippen molar-refractivity contribution in [2.45, 2.75) is 18.6 Å². The Hall–Kier alpha value is -1.86. The van der Waals surface area contributed by atoms with Gasteiger partial charge in [-0.15, -0.1) is 10.2 Å². The van der Waals surface area contributed by atoms with Crippen LogP contribution in [-0.4, -0.2) is 45.3 Å². The third kappa shape index (κ3) is 2.43. The summed E-state index contributed by atoms with van der Waals surface area (Å²) >= 11 is 5.91. The van der Waals surface area contributed by atoms with Gasteiger partial charge >= 0.3 is 0 Å². The van der Waals surface area contributed by atoms with E-state index in [1.807, 2.05) is 7.05 Å². The zero-order valence-electron chi connectivity index (χ0n) is 11.7. The Labute approximate surface area is 126 Å². The van der Waals surface area contributed by atoms with Crippen LogP contribution >= 0.6 is 11.6 Å². The molecule has 0 spiro atoms. The number of nitrogens with zero attached hydrogens (tertiary/aromatic N) is 4. The summed E-state index contributed by atoms with van der Waals surface area (Å²) in [6.07, 6.45) is 3.64. The molecule has 2 aromatic rings. The average Bonchev–Trinajstić information content (AvgIpc) is 3.16. The van der Waals surface area contributed by atoms with Gasteiger partial charge in [-0.1, -0.05) is 0 Å². The number of halogens is 1. The first kappa shape index (κ1) is 14.1. The monoisotopic (exact) mass is 310 g/mol. The number of carbonyl (C=O) groups is 1. The minimum atomic E-state index is -0.194. The van der Waals surface area contributed by atoms with E-state index in [1.165, 1.54) is 6.26 Å². The van der Waals surface area contributed by atoms with Gasteiger partial charge in [0, 0.05) is 27.1 Å². The summed E-state index contributed by atoms with van der Waals surface area (Å²) in [7, 11) is 3.49. The third-order valence-corrected chi connectivity index (χ3v) is 4.04. The Morgan fingerprint density at radius 1 is 1.57 bits per heavy atom. The Bertz CT molecular complexity index is 653. The second-order valence-corrected chi connectivity index (χ2v) is 5.32. The molecule has 1 aliphatic rings. The first-order chi connectivity index (χ1) is 10.1. The molecule has 0 aromatic carbocycles. The number of ether oxygens (including phenoxy) is 1. The minimum Gasteiger partial charge on any atom is -0.452 e. The van der Waals surface area contributed by atoms with E-state index in [-0.39, 0.29) is 23.3 Å². The van der Waals surface area contributed by atoms with Crippen LogP contribution in [0.4, 0.5) is 0 Å². The molecule has 1 amide bonds. The molecule has 21 heavy (non-hydrogen) atoms. The fraction of sp³-hybridized carbons (Fsp3) is 0.462. The van der Waals surface area contributed by atoms with Crippen molar-refractivity contribution in [3.05, 3.63) is 35.3 Å². The van der Waals surface area contributed by atoms with E-state index in [2.05, 4.69) is 10.2 Å². The number of furan rings is 1. The van der Waals surface area contributed by atoms with E-state index in [1.54, 1.807) is 29.0 Å². The van der Waals surface area contributed by atoms with Crippen molar-refractivity contribution < 1.29 is 13.9 Å². The maximum Gasteiger partial charge on any atom is 0.259 e. The number of carbonyl (C=O) groups excluding carboxylic acids is 1. The zero-order valence-corrected chi connectivity index (χ0v) is 12.4. The van der Waals surface area contributed by atoms with Crippen LogP contribution in [0.15, 0.2) is 23.1 Å². The summed E-state index contributed by atoms with van der Waals surface area (Å²) in [5.74, 6) is 0.531. The predicted octanol–water partition coefficient (Wildman–Crippen LogP) is 1.66. The number of rotatable bonds is 3. The van der Waals surface area contributed by atoms with E-state index in [0.717, 1.165) is 5.82 Å². The second-order valence-electron chi connectivity index (χ2n) is 4.97. The van der Waals surface area contributed by atoms with Crippen molar-refractivity contribution in [3.8, 4) is 0 Å². The van der Waals surface area contributed by atoms with E-state index in [9.17, 15) is 4.79 Å². The molecule has 7 nitrogen and oxygen atoms in total. The van der Waals surface area contributed by atoms with Crippen molar-refractivity contribution in [2.24, 2.45) is 7.05 Å². The lowest BCUT2D eigenvalue weighted by atomic mass is 10.1. The first-order valence-electron chi connectivity index (χ1n) is 6.52. The number of aryl methyl sites for hydroxylation is 1. The molecule has 8 heteroatoms. The highest BCUT2D eigenvalue weighted by Crippen LogP contribution is 2.34. The molecule has 0 saturated carbocycles. The molecule has 0 N–H and O–H groups in total. The van der Waals surface area contributed by atoms with Crippen LogP contribution in [0.1, 0.15) is 28.6 Å². The lowest BCUT2D eigenvalue weighted by molar-refractivity contribution is 0.0682. The summed E-state index contributed by atoms with van der Waals surface area (Å²) in [5, 5.41) is 8.09. The molecule has 1 saturated heterocycles. The van der Waals surface area contributed by atoms with Gasteiger partial charge in [-0.2, -0.15) is 0 Å². The van der Waals surface area contributed by atoms with Gasteiger partial charge in [-0.25, -0.2) is 0 Å². The van der Waals surface area contributed by atoms with Crippen LogP contribution in [0.5, 0.6) is 0 Å². The molecule has 1 aliphatic heterocycles. The zero-order chi connectivity index (χ0) is 15.0. The largest absolute Gasteiger partial charge is 0.452 e. The molecule has 112 valence electrons. The SMILES string of the molecule is CO[C@@H]1C[C@@H](c2nncn2C)N(C(=O)c2ccoc2Cl)C1. The molecule has 1 fully saturated rings. The van der Waals surface area contributed by atoms with Crippen molar-refractivity contribution >= 4 is 17.5 Å². The van der Waals surface area contributed by atoms with Gasteiger partial charge in [0.2, 0.25) is 5.22 Å². The molecule has 0 aliphatic carbocycles. The lowest BCUT2D eigenvalue weighted by Crippen LogP contribution is -2.33. The number of likely N-dealkylation sites (tertiary alicyclic amines) is 1. The van der Waals surface area contributed by atoms with Crippen LogP contribution in [0, 0.1) is 0 Å². The molecule has 0 bridgehead atoms. The number of aromatic nitrogens is 3. The quantitative estimate of drug-likeness (QED) is 0.862. The highest BCUT2D eigenvalue weighted by molar-refractivity contribution is 6.32. The number of methoxy groups -OCH3 is 1. The van der Waals surface area contributed by atoms with Crippen LogP contribution in [0.3, 0.4) is 0 Å². The van der Waals surface area contributed by atoms with Crippen molar-refractivity contribution in [1.29, 1.82) is 0 Å². The summed E-state index contributed by atoms with van der Waals surface area (Å²) in [6, 6.07) is 1.37. The van der Waals surface area contributed by atoms with Crippen LogP contribution < -0.4 is 0 Å². The van der Waals surface area contributed by atoms with Crippen molar-refractivity contribution in [1.82, 2.24) is 19.7 Å². The molecule has 0 unspecified atom stereocenters. The first-order valence-corrected chi connectivity index (χ1v) is 6.90. The molecule has 2 aromatic heterocycles. The van der Waals surface area contributed by atoms with Gasteiger partial charge in [-0.3, -0.25) is 4.79 Å². The van der Waals surface area contributed by atoms with Gasteiger partial charge in [0.1, 0.15) is 6.33 Å². The fourth-order valence-corrected chi connectivity index (χ4v) is 2.83. The maximum atomic E-state index is 12.7. The van der Waals surface area contributed by atoms with E-state index in [4.69, 9.17) is 20.8 Å². The van der Waals surface area contributed by atoms with E-state index in [0.29, 0.717) is 18.5 Å². The van der Waals surface area contributed by atoms with Gasteiger partial charge in [0.15, 0.2) is 5.82 Å². The lowest BCUT2D eigenvalue weighted by Gasteiger charge is -2.23. The molecular formula is C13H15ClN4O3. The van der Waals surface area contributed by atoms with Crippen molar-refractivity contribution in [3.63, 3.8) is 0 Å². The van der Waals surface area contributed by atoms with Crippen molar-refractivity contribution in [2.75, 3.05) is 13.7 Å². The van der Waals surface area contributed by atoms with Crippen LogP contribution in [0.25, 0.3) is 0 Å². The van der Waals surface area contributed by atoms with E-state index < -0.39 is 0 Å². The van der Waals surface area contributed by atoms with Gasteiger partial charge in [-0.05, 0) is 17.7 Å². The Kier molecular flexibility index (Phi) is 3.69. The topological polar surface area (TPSA) is 73.4 Å². The number of hydrogen-bond acceptors (Lipinski definition) is 5. The Balaban J connectivity index is 1.93. The van der Waals surface area contributed by atoms with E-state index >= 15 is 0 Å². The summed E-state index contributed by atoms with van der Waals surface area (Å²) in [6.45, 7) is 0.481. The summed E-state index contributed by atoms with van der Waals surface area (Å²) in [5.41, 5.74) is 0.348. The number of amides is 1. The third-order valence-electron chi connectivity index (χ3n) is 3.75.